The van der Waals surface area contributed by atoms with E-state index in [9.17, 15) is 0 Å². The highest BCUT2D eigenvalue weighted by atomic mass is 15.2. The van der Waals surface area contributed by atoms with Gasteiger partial charge in [0.1, 0.15) is 11.3 Å². The predicted octanol–water partition coefficient (Wildman–Crippen LogP) is 2.65. The lowest BCUT2D eigenvalue weighted by Gasteiger charge is -2.29. The SMILES string of the molecule is CCCn1c(C2CCCN(C)C2)nc2cccnc21. The monoisotopic (exact) mass is 258 g/mol. The van der Waals surface area contributed by atoms with Crippen LogP contribution in [0.25, 0.3) is 11.2 Å². The van der Waals surface area contributed by atoms with Crippen molar-refractivity contribution in [1.29, 1.82) is 0 Å². The van der Waals surface area contributed by atoms with E-state index in [1.54, 1.807) is 0 Å². The first-order valence-corrected chi connectivity index (χ1v) is 7.29. The van der Waals surface area contributed by atoms with Gasteiger partial charge in [-0.15, -0.1) is 0 Å². The molecule has 2 aromatic rings. The number of fused-ring (bicyclic) bond motifs is 1. The van der Waals surface area contributed by atoms with Gasteiger partial charge < -0.3 is 9.47 Å². The van der Waals surface area contributed by atoms with Crippen molar-refractivity contribution in [3.8, 4) is 0 Å². The Morgan fingerprint density at radius 3 is 3.11 bits per heavy atom. The molecule has 102 valence electrons. The Morgan fingerprint density at radius 1 is 1.42 bits per heavy atom. The first-order valence-electron chi connectivity index (χ1n) is 7.29. The summed E-state index contributed by atoms with van der Waals surface area (Å²) in [5, 5.41) is 0. The molecule has 1 fully saturated rings. The summed E-state index contributed by atoms with van der Waals surface area (Å²) < 4.78 is 2.33. The van der Waals surface area contributed by atoms with Crippen molar-refractivity contribution in [3.63, 3.8) is 0 Å². The third-order valence-electron chi connectivity index (χ3n) is 3.97. The zero-order valence-electron chi connectivity index (χ0n) is 11.8. The molecule has 3 heterocycles. The van der Waals surface area contributed by atoms with Gasteiger partial charge in [-0.3, -0.25) is 0 Å². The zero-order chi connectivity index (χ0) is 13.2. The summed E-state index contributed by atoms with van der Waals surface area (Å²) in [6.45, 7) is 5.56. The Bertz CT molecular complexity index is 560. The topological polar surface area (TPSA) is 34.0 Å². The summed E-state index contributed by atoms with van der Waals surface area (Å²) in [7, 11) is 2.21. The molecule has 1 saturated heterocycles. The van der Waals surface area contributed by atoms with E-state index >= 15 is 0 Å². The van der Waals surface area contributed by atoms with Gasteiger partial charge in [0.15, 0.2) is 5.65 Å². The molecular formula is C15H22N4. The van der Waals surface area contributed by atoms with E-state index in [-0.39, 0.29) is 0 Å². The van der Waals surface area contributed by atoms with Gasteiger partial charge in [-0.25, -0.2) is 9.97 Å². The maximum Gasteiger partial charge on any atom is 0.159 e. The fourth-order valence-electron chi connectivity index (χ4n) is 3.11. The van der Waals surface area contributed by atoms with Crippen LogP contribution in [0.5, 0.6) is 0 Å². The van der Waals surface area contributed by atoms with Gasteiger partial charge in [0, 0.05) is 25.2 Å². The zero-order valence-corrected chi connectivity index (χ0v) is 11.8. The van der Waals surface area contributed by atoms with Gasteiger partial charge in [-0.05, 0) is 45.0 Å². The van der Waals surface area contributed by atoms with E-state index in [2.05, 4.69) is 34.5 Å². The summed E-state index contributed by atoms with van der Waals surface area (Å²) in [5.74, 6) is 1.79. The van der Waals surface area contributed by atoms with Crippen LogP contribution >= 0.6 is 0 Å². The molecule has 1 aliphatic rings. The summed E-state index contributed by atoms with van der Waals surface area (Å²) >= 11 is 0. The number of pyridine rings is 1. The molecule has 0 N–H and O–H groups in total. The molecule has 0 bridgehead atoms. The number of aromatic nitrogens is 3. The van der Waals surface area contributed by atoms with Crippen molar-refractivity contribution in [2.24, 2.45) is 0 Å². The highest BCUT2D eigenvalue weighted by Gasteiger charge is 2.24. The number of piperidine rings is 1. The minimum Gasteiger partial charge on any atom is -0.312 e. The Kier molecular flexibility index (Phi) is 3.51. The summed E-state index contributed by atoms with van der Waals surface area (Å²) in [5.41, 5.74) is 2.09. The lowest BCUT2D eigenvalue weighted by molar-refractivity contribution is 0.243. The molecule has 1 aliphatic heterocycles. The summed E-state index contributed by atoms with van der Waals surface area (Å²) in [6.07, 6.45) is 5.51. The van der Waals surface area contributed by atoms with Crippen molar-refractivity contribution in [2.45, 2.75) is 38.6 Å². The molecule has 19 heavy (non-hydrogen) atoms. The van der Waals surface area contributed by atoms with Crippen LogP contribution in [0, 0.1) is 0 Å². The van der Waals surface area contributed by atoms with Crippen LogP contribution in [-0.2, 0) is 6.54 Å². The van der Waals surface area contributed by atoms with E-state index < -0.39 is 0 Å². The number of likely N-dealkylation sites (N-methyl/N-ethyl adjacent to an activating group) is 1. The number of likely N-dealkylation sites (tertiary alicyclic amines) is 1. The van der Waals surface area contributed by atoms with Crippen LogP contribution in [-0.4, -0.2) is 39.6 Å². The number of nitrogens with zero attached hydrogens (tertiary/aromatic N) is 4. The largest absolute Gasteiger partial charge is 0.312 e. The van der Waals surface area contributed by atoms with Gasteiger partial charge >= 0.3 is 0 Å². The molecule has 1 atom stereocenters. The average Bonchev–Trinajstić information content (AvgIpc) is 2.79. The summed E-state index contributed by atoms with van der Waals surface area (Å²) in [4.78, 5) is 11.8. The molecule has 4 nitrogen and oxygen atoms in total. The molecule has 0 radical (unpaired) electrons. The van der Waals surface area contributed by atoms with Gasteiger partial charge in [-0.1, -0.05) is 6.92 Å². The molecule has 0 spiro atoms. The molecular weight excluding hydrogens is 236 g/mol. The maximum atomic E-state index is 4.86. The van der Waals surface area contributed by atoms with Crippen molar-refractivity contribution in [2.75, 3.05) is 20.1 Å². The third-order valence-corrected chi connectivity index (χ3v) is 3.97. The quantitative estimate of drug-likeness (QED) is 0.848. The molecule has 0 amide bonds. The lowest BCUT2D eigenvalue weighted by atomic mass is 9.97. The van der Waals surface area contributed by atoms with Crippen molar-refractivity contribution in [3.05, 3.63) is 24.2 Å². The molecule has 0 aromatic carbocycles. The van der Waals surface area contributed by atoms with Crippen molar-refractivity contribution < 1.29 is 0 Å². The van der Waals surface area contributed by atoms with Gasteiger partial charge in [0.05, 0.1) is 0 Å². The van der Waals surface area contributed by atoms with E-state index in [1.807, 2.05) is 12.3 Å². The number of imidazole rings is 1. The summed E-state index contributed by atoms with van der Waals surface area (Å²) in [6, 6.07) is 4.05. The van der Waals surface area contributed by atoms with Gasteiger partial charge in [-0.2, -0.15) is 0 Å². The van der Waals surface area contributed by atoms with E-state index in [1.165, 1.54) is 25.2 Å². The standard InChI is InChI=1S/C15H22N4/c1-3-9-19-14(12-6-5-10-18(2)11-12)17-13-7-4-8-16-15(13)19/h4,7-8,12H,3,5-6,9-11H2,1-2H3. The third kappa shape index (κ3) is 2.37. The van der Waals surface area contributed by atoms with Gasteiger partial charge in [0.2, 0.25) is 0 Å². The second kappa shape index (κ2) is 5.29. The van der Waals surface area contributed by atoms with Crippen LogP contribution in [0.2, 0.25) is 0 Å². The fraction of sp³-hybridized carbons (Fsp3) is 0.600. The van der Waals surface area contributed by atoms with Crippen LogP contribution in [0.15, 0.2) is 18.3 Å². The minimum absolute atomic E-state index is 0.555. The molecule has 3 rings (SSSR count). The van der Waals surface area contributed by atoms with E-state index in [0.717, 1.165) is 30.7 Å². The highest BCUT2D eigenvalue weighted by molar-refractivity contribution is 5.71. The smallest absolute Gasteiger partial charge is 0.159 e. The van der Waals surface area contributed by atoms with Crippen LogP contribution in [0.4, 0.5) is 0 Å². The molecule has 2 aromatic heterocycles. The predicted molar refractivity (Wildman–Crippen MR) is 77.3 cm³/mol. The minimum atomic E-state index is 0.555. The Morgan fingerprint density at radius 2 is 2.32 bits per heavy atom. The van der Waals surface area contributed by atoms with Crippen LogP contribution < -0.4 is 0 Å². The number of hydrogen-bond acceptors (Lipinski definition) is 3. The highest BCUT2D eigenvalue weighted by Crippen LogP contribution is 2.28. The molecule has 0 aliphatic carbocycles. The van der Waals surface area contributed by atoms with Gasteiger partial charge in [0.25, 0.3) is 0 Å². The van der Waals surface area contributed by atoms with Crippen LogP contribution in [0.1, 0.15) is 37.9 Å². The average molecular weight is 258 g/mol. The fourth-order valence-corrected chi connectivity index (χ4v) is 3.11. The van der Waals surface area contributed by atoms with Crippen molar-refractivity contribution in [1.82, 2.24) is 19.4 Å². The number of aryl methyl sites for hydroxylation is 1. The number of hydrogen-bond donors (Lipinski definition) is 0. The molecule has 4 heteroatoms. The molecule has 0 saturated carbocycles. The van der Waals surface area contributed by atoms with Crippen molar-refractivity contribution >= 4 is 11.2 Å². The Balaban J connectivity index is 2.03. The lowest BCUT2D eigenvalue weighted by Crippen LogP contribution is -2.32. The van der Waals surface area contributed by atoms with Crippen LogP contribution in [0.3, 0.4) is 0 Å². The maximum absolute atomic E-state index is 4.86. The Hall–Kier alpha value is -1.42. The second-order valence-corrected chi connectivity index (χ2v) is 5.57. The Labute approximate surface area is 114 Å². The van der Waals surface area contributed by atoms with E-state index in [4.69, 9.17) is 4.98 Å². The van der Waals surface area contributed by atoms with E-state index in [0.29, 0.717) is 5.92 Å². The molecule has 1 unspecified atom stereocenters. The first kappa shape index (κ1) is 12.6. The second-order valence-electron chi connectivity index (χ2n) is 5.57. The first-order chi connectivity index (χ1) is 9.29. The normalized spacial score (nSPS) is 21.1. The number of rotatable bonds is 3.